The quantitative estimate of drug-likeness (QED) is 0.432. The molecule has 0 aliphatic rings. The molecule has 21 heavy (non-hydrogen) atoms. The van der Waals surface area contributed by atoms with Gasteiger partial charge in [-0.2, -0.15) is 0 Å². The van der Waals surface area contributed by atoms with Crippen molar-refractivity contribution in [1.82, 2.24) is 4.90 Å². The van der Waals surface area contributed by atoms with Crippen molar-refractivity contribution in [3.05, 3.63) is 39.9 Å². The zero-order valence-corrected chi connectivity index (χ0v) is 12.1. The van der Waals surface area contributed by atoms with Gasteiger partial charge >= 0.3 is 5.97 Å². The molecule has 0 saturated heterocycles. The van der Waals surface area contributed by atoms with E-state index in [-0.39, 0.29) is 24.6 Å². The second-order valence-corrected chi connectivity index (χ2v) is 4.50. The molecule has 0 saturated carbocycles. The first-order valence-corrected chi connectivity index (χ1v) is 6.55. The van der Waals surface area contributed by atoms with Crippen LogP contribution in [0.2, 0.25) is 0 Å². The largest absolute Gasteiger partial charge is 0.468 e. The lowest BCUT2D eigenvalue weighted by Crippen LogP contribution is -2.37. The number of nitrogens with zero attached hydrogens (tertiary/aromatic N) is 2. The summed E-state index contributed by atoms with van der Waals surface area (Å²) in [4.78, 5) is 35.1. The van der Waals surface area contributed by atoms with Crippen molar-refractivity contribution in [3.8, 4) is 0 Å². The van der Waals surface area contributed by atoms with Gasteiger partial charge in [-0.05, 0) is 12.0 Å². The monoisotopic (exact) mass is 294 g/mol. The molecule has 114 valence electrons. The Morgan fingerprint density at radius 1 is 1.38 bits per heavy atom. The fourth-order valence-corrected chi connectivity index (χ4v) is 1.85. The van der Waals surface area contributed by atoms with Crippen LogP contribution < -0.4 is 0 Å². The van der Waals surface area contributed by atoms with Gasteiger partial charge in [0, 0.05) is 18.7 Å². The Balaban J connectivity index is 2.78. The third-order valence-electron chi connectivity index (χ3n) is 2.87. The first-order chi connectivity index (χ1) is 9.97. The summed E-state index contributed by atoms with van der Waals surface area (Å²) in [5.41, 5.74) is 0.482. The van der Waals surface area contributed by atoms with Crippen LogP contribution in [0, 0.1) is 10.1 Å². The Kier molecular flexibility index (Phi) is 6.32. The van der Waals surface area contributed by atoms with Crippen LogP contribution in [-0.4, -0.2) is 41.9 Å². The van der Waals surface area contributed by atoms with Crippen LogP contribution in [0.1, 0.15) is 18.9 Å². The van der Waals surface area contributed by atoms with Gasteiger partial charge in [-0.3, -0.25) is 19.7 Å². The number of esters is 1. The minimum absolute atomic E-state index is 0.0126. The molecular formula is C14H18N2O5. The van der Waals surface area contributed by atoms with E-state index in [4.69, 9.17) is 0 Å². The van der Waals surface area contributed by atoms with Crippen LogP contribution in [0.5, 0.6) is 0 Å². The number of hydrogen-bond donors (Lipinski definition) is 0. The molecule has 0 radical (unpaired) electrons. The van der Waals surface area contributed by atoms with E-state index < -0.39 is 10.9 Å². The number of ether oxygens (including phenoxy) is 1. The summed E-state index contributed by atoms with van der Waals surface area (Å²) in [5, 5.41) is 10.7. The van der Waals surface area contributed by atoms with Crippen LogP contribution in [0.4, 0.5) is 5.69 Å². The second-order valence-electron chi connectivity index (χ2n) is 4.50. The highest BCUT2D eigenvalue weighted by atomic mass is 16.6. The van der Waals surface area contributed by atoms with Crippen molar-refractivity contribution in [2.24, 2.45) is 0 Å². The molecule has 7 heteroatoms. The predicted molar refractivity (Wildman–Crippen MR) is 75.7 cm³/mol. The number of non-ortho nitro benzene ring substituents is 1. The number of nitro benzene ring substituents is 1. The van der Waals surface area contributed by atoms with Gasteiger partial charge in [-0.25, -0.2) is 0 Å². The lowest BCUT2D eigenvalue weighted by Gasteiger charge is -2.20. The molecule has 0 atom stereocenters. The van der Waals surface area contributed by atoms with Crippen LogP contribution >= 0.6 is 0 Å². The molecule has 7 nitrogen and oxygen atoms in total. The Labute approximate surface area is 122 Å². The molecule has 0 aliphatic carbocycles. The number of carbonyl (C=O) groups excluding carboxylic acids is 2. The number of benzene rings is 1. The van der Waals surface area contributed by atoms with Gasteiger partial charge in [0.2, 0.25) is 5.91 Å². The Bertz CT molecular complexity index is 530. The van der Waals surface area contributed by atoms with Gasteiger partial charge in [-0.15, -0.1) is 0 Å². The van der Waals surface area contributed by atoms with Gasteiger partial charge in [0.1, 0.15) is 6.54 Å². The van der Waals surface area contributed by atoms with Gasteiger partial charge in [0.25, 0.3) is 5.69 Å². The summed E-state index contributed by atoms with van der Waals surface area (Å²) in [5.74, 6) is -0.751. The summed E-state index contributed by atoms with van der Waals surface area (Å²) in [6.07, 6.45) is 0.719. The molecule has 0 unspecified atom stereocenters. The maximum atomic E-state index is 12.2. The second kappa shape index (κ2) is 7.98. The Morgan fingerprint density at radius 3 is 2.67 bits per heavy atom. The van der Waals surface area contributed by atoms with Crippen LogP contribution in [0.15, 0.2) is 24.3 Å². The van der Waals surface area contributed by atoms with Crippen LogP contribution in [0.3, 0.4) is 0 Å². The first-order valence-electron chi connectivity index (χ1n) is 6.55. The van der Waals surface area contributed by atoms with E-state index in [1.165, 1.54) is 30.2 Å². The summed E-state index contributed by atoms with van der Waals surface area (Å²) in [6, 6.07) is 5.91. The number of rotatable bonds is 7. The fraction of sp³-hybridized carbons (Fsp3) is 0.429. The highest BCUT2D eigenvalue weighted by Crippen LogP contribution is 2.14. The molecule has 1 rings (SSSR count). The molecule has 1 aromatic carbocycles. The lowest BCUT2D eigenvalue weighted by atomic mass is 10.1. The van der Waals surface area contributed by atoms with Crippen molar-refractivity contribution >= 4 is 17.6 Å². The zero-order valence-electron chi connectivity index (χ0n) is 12.1. The van der Waals surface area contributed by atoms with Crippen molar-refractivity contribution in [1.29, 1.82) is 0 Å². The standard InChI is InChI=1S/C14H18N2O5/c1-3-7-15(10-14(18)21-2)13(17)9-11-5-4-6-12(8-11)16(19)20/h4-6,8H,3,7,9-10H2,1-2H3. The predicted octanol–water partition coefficient (Wildman–Crippen LogP) is 1.55. The first kappa shape index (κ1) is 16.6. The molecule has 0 aliphatic heterocycles. The van der Waals surface area contributed by atoms with Crippen LogP contribution in [-0.2, 0) is 20.7 Å². The van der Waals surface area contributed by atoms with Crippen molar-refractivity contribution in [2.75, 3.05) is 20.2 Å². The Hall–Kier alpha value is -2.44. The molecule has 1 aromatic rings. The maximum absolute atomic E-state index is 12.2. The highest BCUT2D eigenvalue weighted by molar-refractivity contribution is 5.83. The molecule has 0 fully saturated rings. The number of carbonyl (C=O) groups is 2. The summed E-state index contributed by atoms with van der Waals surface area (Å²) >= 11 is 0. The molecule has 1 amide bonds. The summed E-state index contributed by atoms with van der Waals surface area (Å²) in [7, 11) is 1.26. The maximum Gasteiger partial charge on any atom is 0.325 e. The average Bonchev–Trinajstić information content (AvgIpc) is 2.46. The Morgan fingerprint density at radius 2 is 2.10 bits per heavy atom. The van der Waals surface area contributed by atoms with Crippen molar-refractivity contribution in [3.63, 3.8) is 0 Å². The lowest BCUT2D eigenvalue weighted by molar-refractivity contribution is -0.384. The van der Waals surface area contributed by atoms with E-state index >= 15 is 0 Å². The number of methoxy groups -OCH3 is 1. The van der Waals surface area contributed by atoms with Crippen molar-refractivity contribution < 1.29 is 19.2 Å². The highest BCUT2D eigenvalue weighted by Gasteiger charge is 2.18. The number of nitro groups is 1. The van der Waals surface area contributed by atoms with E-state index in [0.29, 0.717) is 18.5 Å². The van der Waals surface area contributed by atoms with Gasteiger partial charge in [-0.1, -0.05) is 19.1 Å². The van der Waals surface area contributed by atoms with E-state index in [2.05, 4.69) is 4.74 Å². The summed E-state index contributed by atoms with van der Waals surface area (Å²) in [6.45, 7) is 2.21. The molecule has 0 aromatic heterocycles. The topological polar surface area (TPSA) is 89.8 Å². The van der Waals surface area contributed by atoms with Gasteiger partial charge in [0.15, 0.2) is 0 Å². The SMILES string of the molecule is CCCN(CC(=O)OC)C(=O)Cc1cccc([N+](=O)[O-])c1. The molecule has 0 heterocycles. The van der Waals surface area contributed by atoms with E-state index in [1.807, 2.05) is 6.92 Å². The van der Waals surface area contributed by atoms with E-state index in [1.54, 1.807) is 6.07 Å². The molecular weight excluding hydrogens is 276 g/mol. The fourth-order valence-electron chi connectivity index (χ4n) is 1.85. The van der Waals surface area contributed by atoms with Crippen LogP contribution in [0.25, 0.3) is 0 Å². The molecule has 0 spiro atoms. The average molecular weight is 294 g/mol. The van der Waals surface area contributed by atoms with Crippen molar-refractivity contribution in [2.45, 2.75) is 19.8 Å². The smallest absolute Gasteiger partial charge is 0.325 e. The van der Waals surface area contributed by atoms with E-state index in [9.17, 15) is 19.7 Å². The van der Waals surface area contributed by atoms with E-state index in [0.717, 1.165) is 0 Å². The summed E-state index contributed by atoms with van der Waals surface area (Å²) < 4.78 is 4.56. The normalized spacial score (nSPS) is 10.0. The molecule has 0 bridgehead atoms. The zero-order chi connectivity index (χ0) is 15.8. The minimum atomic E-state index is -0.508. The number of hydrogen-bond acceptors (Lipinski definition) is 5. The molecule has 0 N–H and O–H groups in total. The minimum Gasteiger partial charge on any atom is -0.468 e. The van der Waals surface area contributed by atoms with Gasteiger partial charge in [0.05, 0.1) is 18.5 Å². The van der Waals surface area contributed by atoms with Gasteiger partial charge < -0.3 is 9.64 Å². The third-order valence-corrected chi connectivity index (χ3v) is 2.87. The number of amides is 1. The third kappa shape index (κ3) is 5.21.